The van der Waals surface area contributed by atoms with Crippen LogP contribution in [-0.2, 0) is 9.59 Å². The fourth-order valence-corrected chi connectivity index (χ4v) is 3.14. The average molecular weight is 298 g/mol. The molecule has 6 N–H and O–H groups in total. The first-order chi connectivity index (χ1) is 8.34. The van der Waals surface area contributed by atoms with E-state index >= 15 is 0 Å². The van der Waals surface area contributed by atoms with Crippen molar-refractivity contribution in [1.82, 2.24) is 5.32 Å². The minimum Gasteiger partial charge on any atom is -0.480 e. The number of hydrogen-bond donors (Lipinski definition) is 5. The average Bonchev–Trinajstić information content (AvgIpc) is 2.26. The van der Waals surface area contributed by atoms with Gasteiger partial charge in [-0.15, -0.1) is 0 Å². The van der Waals surface area contributed by atoms with Gasteiger partial charge < -0.3 is 26.4 Å². The zero-order chi connectivity index (χ0) is 14.1. The van der Waals surface area contributed by atoms with Crippen molar-refractivity contribution in [3.63, 3.8) is 0 Å². The summed E-state index contributed by atoms with van der Waals surface area (Å²) in [6, 6.07) is -1.73. The Morgan fingerprint density at radius 2 is 1.78 bits per heavy atom. The lowest BCUT2D eigenvalue weighted by molar-refractivity contribution is -0.139. The lowest BCUT2D eigenvalue weighted by atomic mass is 10.3. The van der Waals surface area contributed by atoms with Crippen molar-refractivity contribution in [1.29, 1.82) is 0 Å². The van der Waals surface area contributed by atoms with Gasteiger partial charge in [0, 0.05) is 18.1 Å². The molecule has 0 aromatic heterocycles. The van der Waals surface area contributed by atoms with E-state index in [2.05, 4.69) is 5.32 Å². The third-order valence-corrected chi connectivity index (χ3v) is 4.29. The van der Waals surface area contributed by atoms with Crippen molar-refractivity contribution < 1.29 is 24.9 Å². The summed E-state index contributed by atoms with van der Waals surface area (Å²) in [4.78, 5) is 21.3. The Morgan fingerprint density at radius 3 is 2.22 bits per heavy atom. The summed E-state index contributed by atoms with van der Waals surface area (Å²) in [5.41, 5.74) is 5.29. The van der Waals surface area contributed by atoms with Gasteiger partial charge in [-0.05, 0) is 6.92 Å². The second-order valence-electron chi connectivity index (χ2n) is 3.66. The van der Waals surface area contributed by atoms with Crippen LogP contribution in [0.4, 0.5) is 0 Å². The molecule has 3 unspecified atom stereocenters. The van der Waals surface area contributed by atoms with Gasteiger partial charge in [-0.1, -0.05) is 21.6 Å². The van der Waals surface area contributed by atoms with Crippen molar-refractivity contribution in [2.45, 2.75) is 25.1 Å². The van der Waals surface area contributed by atoms with Gasteiger partial charge in [-0.3, -0.25) is 9.59 Å². The molecular weight excluding hydrogens is 280 g/mol. The lowest BCUT2D eigenvalue weighted by Crippen LogP contribution is -2.42. The summed E-state index contributed by atoms with van der Waals surface area (Å²) in [5, 5.41) is 29.2. The number of hydrogen-bond acceptors (Lipinski definition) is 7. The van der Waals surface area contributed by atoms with Crippen LogP contribution in [0, 0.1) is 0 Å². The van der Waals surface area contributed by atoms with E-state index < -0.39 is 30.1 Å². The van der Waals surface area contributed by atoms with Crippen LogP contribution in [0.1, 0.15) is 6.92 Å². The standard InChI is InChI=1S/C9H18N2O5S2/c1-5(12)2-11-7(9(15)16)4-18-17-3-6(10)8(13)14/h5-7,11-12H,2-4,10H2,1H3,(H,13,14)(H,15,16). The quantitative estimate of drug-likeness (QED) is 0.260. The second kappa shape index (κ2) is 9.45. The van der Waals surface area contributed by atoms with Gasteiger partial charge in [0.25, 0.3) is 0 Å². The normalized spacial score (nSPS) is 15.9. The molecule has 0 bridgehead atoms. The molecular formula is C9H18N2O5S2. The summed E-state index contributed by atoms with van der Waals surface area (Å²) < 4.78 is 0. The summed E-state index contributed by atoms with van der Waals surface area (Å²) in [7, 11) is 2.45. The van der Waals surface area contributed by atoms with Crippen LogP contribution >= 0.6 is 21.6 Å². The van der Waals surface area contributed by atoms with Gasteiger partial charge in [-0.25, -0.2) is 0 Å². The van der Waals surface area contributed by atoms with Crippen LogP contribution in [0.5, 0.6) is 0 Å². The first kappa shape index (κ1) is 17.5. The fraction of sp³-hybridized carbons (Fsp3) is 0.778. The largest absolute Gasteiger partial charge is 0.480 e. The van der Waals surface area contributed by atoms with Crippen LogP contribution in [0.3, 0.4) is 0 Å². The molecule has 0 rings (SSSR count). The monoisotopic (exact) mass is 298 g/mol. The van der Waals surface area contributed by atoms with Gasteiger partial charge in [0.2, 0.25) is 0 Å². The van der Waals surface area contributed by atoms with E-state index in [1.165, 1.54) is 21.6 Å². The number of aliphatic carboxylic acids is 2. The molecule has 0 amide bonds. The Labute approximate surface area is 113 Å². The highest BCUT2D eigenvalue weighted by atomic mass is 33.1. The Morgan fingerprint density at radius 1 is 1.22 bits per heavy atom. The molecule has 0 aliphatic rings. The molecule has 0 saturated carbocycles. The highest BCUT2D eigenvalue weighted by Crippen LogP contribution is 2.22. The zero-order valence-electron chi connectivity index (χ0n) is 9.91. The number of carboxylic acid groups (broad SMARTS) is 2. The molecule has 0 aromatic rings. The number of nitrogens with one attached hydrogen (secondary N) is 1. The van der Waals surface area contributed by atoms with E-state index in [0.717, 1.165) is 0 Å². The molecule has 0 fully saturated rings. The molecule has 3 atom stereocenters. The number of carboxylic acids is 2. The number of aliphatic hydroxyl groups excluding tert-OH is 1. The van der Waals surface area contributed by atoms with Gasteiger partial charge in [-0.2, -0.15) is 0 Å². The van der Waals surface area contributed by atoms with Crippen LogP contribution in [0.15, 0.2) is 0 Å². The second-order valence-corrected chi connectivity index (χ2v) is 6.21. The maximum atomic E-state index is 10.9. The zero-order valence-corrected chi connectivity index (χ0v) is 11.5. The highest BCUT2D eigenvalue weighted by Gasteiger charge is 2.18. The molecule has 0 heterocycles. The van der Waals surface area contributed by atoms with Gasteiger partial charge in [0.15, 0.2) is 0 Å². The van der Waals surface area contributed by atoms with Crippen LogP contribution in [0.2, 0.25) is 0 Å². The van der Waals surface area contributed by atoms with E-state index in [1.807, 2.05) is 0 Å². The molecule has 0 spiro atoms. The van der Waals surface area contributed by atoms with Gasteiger partial charge >= 0.3 is 11.9 Å². The maximum Gasteiger partial charge on any atom is 0.321 e. The summed E-state index contributed by atoms with van der Waals surface area (Å²) in [5.74, 6) is -1.61. The third kappa shape index (κ3) is 8.59. The minimum absolute atomic E-state index is 0.191. The van der Waals surface area contributed by atoms with Crippen molar-refractivity contribution in [2.75, 3.05) is 18.1 Å². The predicted molar refractivity (Wildman–Crippen MR) is 71.6 cm³/mol. The Balaban J connectivity index is 3.84. The molecule has 0 saturated heterocycles. The minimum atomic E-state index is -1.08. The first-order valence-corrected chi connectivity index (χ1v) is 7.70. The van der Waals surface area contributed by atoms with E-state index in [1.54, 1.807) is 6.92 Å². The number of rotatable bonds is 10. The number of carbonyl (C=O) groups is 2. The van der Waals surface area contributed by atoms with Crippen molar-refractivity contribution >= 4 is 33.5 Å². The predicted octanol–water partition coefficient (Wildman–Crippen LogP) is -0.797. The fourth-order valence-electron chi connectivity index (χ4n) is 0.839. The Hall–Kier alpha value is -0.480. The molecule has 7 nitrogen and oxygen atoms in total. The molecule has 0 aromatic carbocycles. The Bertz CT molecular complexity index is 278. The summed E-state index contributed by atoms with van der Waals surface area (Å²) in [6.07, 6.45) is -0.620. The molecule has 0 aliphatic carbocycles. The van der Waals surface area contributed by atoms with Crippen LogP contribution in [-0.4, -0.2) is 63.5 Å². The molecule has 9 heteroatoms. The third-order valence-electron chi connectivity index (χ3n) is 1.84. The number of nitrogens with two attached hydrogens (primary N) is 1. The van der Waals surface area contributed by atoms with Gasteiger partial charge in [0.1, 0.15) is 12.1 Å². The smallest absolute Gasteiger partial charge is 0.321 e. The summed E-state index contributed by atoms with van der Waals surface area (Å²) in [6.45, 7) is 1.75. The topological polar surface area (TPSA) is 133 Å². The van der Waals surface area contributed by atoms with E-state index in [-0.39, 0.29) is 18.1 Å². The van der Waals surface area contributed by atoms with Crippen molar-refractivity contribution in [3.8, 4) is 0 Å². The number of aliphatic hydroxyl groups is 1. The van der Waals surface area contributed by atoms with E-state index in [4.69, 9.17) is 21.1 Å². The van der Waals surface area contributed by atoms with Crippen molar-refractivity contribution in [3.05, 3.63) is 0 Å². The van der Waals surface area contributed by atoms with E-state index in [9.17, 15) is 9.59 Å². The SMILES string of the molecule is CC(O)CNC(CSSCC(N)C(=O)O)C(=O)O. The molecule has 106 valence electrons. The maximum absolute atomic E-state index is 10.9. The highest BCUT2D eigenvalue weighted by molar-refractivity contribution is 8.76. The van der Waals surface area contributed by atoms with E-state index in [0.29, 0.717) is 0 Å². The molecule has 0 radical (unpaired) electrons. The molecule has 0 aliphatic heterocycles. The Kier molecular flexibility index (Phi) is 9.20. The van der Waals surface area contributed by atoms with Crippen LogP contribution in [0.25, 0.3) is 0 Å². The first-order valence-electron chi connectivity index (χ1n) is 5.21. The lowest BCUT2D eigenvalue weighted by Gasteiger charge is -2.15. The van der Waals surface area contributed by atoms with Gasteiger partial charge in [0.05, 0.1) is 6.10 Å². The molecule has 18 heavy (non-hydrogen) atoms. The van der Waals surface area contributed by atoms with Crippen molar-refractivity contribution in [2.24, 2.45) is 5.73 Å². The van der Waals surface area contributed by atoms with Crippen LogP contribution < -0.4 is 11.1 Å². The summed E-state index contributed by atoms with van der Waals surface area (Å²) >= 11 is 0.